The van der Waals surface area contributed by atoms with Crippen LogP contribution >= 0.6 is 0 Å². The number of carbonyl (C=O) groups excluding carboxylic acids is 2. The summed E-state index contributed by atoms with van der Waals surface area (Å²) in [5.74, 6) is -2.09. The molecule has 2 amide bonds. The molecule has 122 valence electrons. The molecule has 0 radical (unpaired) electrons. The first-order valence-electron chi connectivity index (χ1n) is 7.60. The molecule has 1 heterocycles. The van der Waals surface area contributed by atoms with Gasteiger partial charge in [-0.05, 0) is 19.1 Å². The molecule has 1 aromatic rings. The number of amides is 2. The first kappa shape index (κ1) is 16.1. The SMILES string of the molecule is CCOC12C=C(C#N)C=CC1C(=O)N(C(O)c1ccccc1)C2=O. The van der Waals surface area contributed by atoms with Crippen LogP contribution in [0.15, 0.2) is 54.1 Å². The Morgan fingerprint density at radius 1 is 1.38 bits per heavy atom. The third kappa shape index (κ3) is 2.26. The molecule has 2 aliphatic rings. The molecular formula is C18H16N2O4. The molecule has 0 bridgehead atoms. The molecule has 0 saturated carbocycles. The van der Waals surface area contributed by atoms with Crippen LogP contribution in [0.25, 0.3) is 0 Å². The summed E-state index contributed by atoms with van der Waals surface area (Å²) in [7, 11) is 0. The van der Waals surface area contributed by atoms with E-state index in [9.17, 15) is 14.7 Å². The zero-order valence-corrected chi connectivity index (χ0v) is 13.0. The summed E-state index contributed by atoms with van der Waals surface area (Å²) in [6.45, 7) is 1.89. The minimum atomic E-state index is -1.57. The van der Waals surface area contributed by atoms with E-state index in [1.807, 2.05) is 6.07 Å². The second kappa shape index (κ2) is 6.04. The molecule has 1 N–H and O–H groups in total. The van der Waals surface area contributed by atoms with E-state index in [2.05, 4.69) is 0 Å². The number of rotatable bonds is 4. The van der Waals surface area contributed by atoms with Crippen LogP contribution in [-0.4, -0.2) is 34.0 Å². The summed E-state index contributed by atoms with van der Waals surface area (Å²) >= 11 is 0. The summed E-state index contributed by atoms with van der Waals surface area (Å²) in [6.07, 6.45) is 2.96. The lowest BCUT2D eigenvalue weighted by Crippen LogP contribution is -2.45. The van der Waals surface area contributed by atoms with E-state index in [-0.39, 0.29) is 12.2 Å². The number of nitriles is 1. The number of allylic oxidation sites excluding steroid dienone is 2. The first-order chi connectivity index (χ1) is 11.5. The van der Waals surface area contributed by atoms with Crippen molar-refractivity contribution >= 4 is 11.8 Å². The van der Waals surface area contributed by atoms with Gasteiger partial charge in [0.25, 0.3) is 5.91 Å². The lowest BCUT2D eigenvalue weighted by Gasteiger charge is -2.29. The number of benzene rings is 1. The summed E-state index contributed by atoms with van der Waals surface area (Å²) in [4.78, 5) is 26.5. The molecule has 0 aromatic heterocycles. The number of ether oxygens (including phenoxy) is 1. The second-order valence-electron chi connectivity index (χ2n) is 5.57. The van der Waals surface area contributed by atoms with Crippen LogP contribution in [0.5, 0.6) is 0 Å². The quantitative estimate of drug-likeness (QED) is 0.847. The van der Waals surface area contributed by atoms with Gasteiger partial charge in [-0.1, -0.05) is 36.4 Å². The smallest absolute Gasteiger partial charge is 0.269 e. The maximum atomic E-state index is 13.0. The van der Waals surface area contributed by atoms with E-state index in [0.717, 1.165) is 4.90 Å². The normalized spacial score (nSPS) is 26.8. The molecule has 6 nitrogen and oxygen atoms in total. The molecule has 24 heavy (non-hydrogen) atoms. The summed E-state index contributed by atoms with van der Waals surface area (Å²) in [6, 6.07) is 10.4. The fourth-order valence-corrected chi connectivity index (χ4v) is 3.12. The van der Waals surface area contributed by atoms with Crippen molar-refractivity contribution in [3.63, 3.8) is 0 Å². The van der Waals surface area contributed by atoms with Crippen molar-refractivity contribution in [2.24, 2.45) is 5.92 Å². The Balaban J connectivity index is 2.05. The van der Waals surface area contributed by atoms with Gasteiger partial charge in [-0.2, -0.15) is 5.26 Å². The summed E-state index contributed by atoms with van der Waals surface area (Å²) in [5, 5.41) is 19.6. The van der Waals surface area contributed by atoms with Crippen molar-refractivity contribution in [2.75, 3.05) is 6.61 Å². The van der Waals surface area contributed by atoms with Gasteiger partial charge in [-0.3, -0.25) is 9.59 Å². The monoisotopic (exact) mass is 324 g/mol. The Morgan fingerprint density at radius 3 is 2.71 bits per heavy atom. The number of fused-ring (bicyclic) bond motifs is 1. The molecule has 1 fully saturated rings. The van der Waals surface area contributed by atoms with Crippen molar-refractivity contribution in [1.29, 1.82) is 5.26 Å². The molecule has 1 saturated heterocycles. The standard InChI is InChI=1S/C18H16N2O4/c1-2-24-18-10-12(11-19)8-9-14(18)16(22)20(17(18)23)15(21)13-6-4-3-5-7-13/h3-10,14-15,21H,2H2,1H3. The molecule has 0 spiro atoms. The van der Waals surface area contributed by atoms with Gasteiger partial charge in [0.15, 0.2) is 11.8 Å². The highest BCUT2D eigenvalue weighted by molar-refractivity contribution is 6.12. The number of carbonyl (C=O) groups is 2. The third-order valence-electron chi connectivity index (χ3n) is 4.21. The maximum absolute atomic E-state index is 13.0. The molecule has 1 aliphatic carbocycles. The van der Waals surface area contributed by atoms with Crippen LogP contribution in [0.2, 0.25) is 0 Å². The first-order valence-corrected chi connectivity index (χ1v) is 7.60. The van der Waals surface area contributed by atoms with Crippen LogP contribution in [0, 0.1) is 17.2 Å². The van der Waals surface area contributed by atoms with Gasteiger partial charge in [0.05, 0.1) is 17.6 Å². The molecule has 3 unspecified atom stereocenters. The highest BCUT2D eigenvalue weighted by atomic mass is 16.5. The van der Waals surface area contributed by atoms with Crippen molar-refractivity contribution < 1.29 is 19.4 Å². The van der Waals surface area contributed by atoms with Gasteiger partial charge in [-0.15, -0.1) is 0 Å². The predicted octanol–water partition coefficient (Wildman–Crippen LogP) is 1.46. The van der Waals surface area contributed by atoms with Crippen LogP contribution in [0.3, 0.4) is 0 Å². The van der Waals surface area contributed by atoms with E-state index >= 15 is 0 Å². The summed E-state index contributed by atoms with van der Waals surface area (Å²) in [5.41, 5.74) is -0.892. The number of likely N-dealkylation sites (tertiary alicyclic amines) is 1. The lowest BCUT2D eigenvalue weighted by molar-refractivity contribution is -0.156. The number of aliphatic hydroxyl groups is 1. The Bertz CT molecular complexity index is 778. The van der Waals surface area contributed by atoms with Gasteiger partial charge in [0.1, 0.15) is 0 Å². The number of hydrogen-bond acceptors (Lipinski definition) is 5. The minimum Gasteiger partial charge on any atom is -0.369 e. The van der Waals surface area contributed by atoms with Gasteiger partial charge in [0, 0.05) is 12.2 Å². The number of hydrogen-bond donors (Lipinski definition) is 1. The van der Waals surface area contributed by atoms with Gasteiger partial charge in [-0.25, -0.2) is 4.90 Å². The highest BCUT2D eigenvalue weighted by Crippen LogP contribution is 2.42. The molecule has 1 aliphatic heterocycles. The van der Waals surface area contributed by atoms with Crippen LogP contribution in [0.1, 0.15) is 18.7 Å². The Labute approximate surface area is 139 Å². The third-order valence-corrected chi connectivity index (χ3v) is 4.21. The fourth-order valence-electron chi connectivity index (χ4n) is 3.12. The molecule has 3 atom stereocenters. The molecule has 3 rings (SSSR count). The van der Waals surface area contributed by atoms with Gasteiger partial charge < -0.3 is 9.84 Å². The molecular weight excluding hydrogens is 308 g/mol. The average Bonchev–Trinajstić information content (AvgIpc) is 2.82. The zero-order valence-electron chi connectivity index (χ0n) is 13.0. The fraction of sp³-hybridized carbons (Fsp3) is 0.278. The van der Waals surface area contributed by atoms with Crippen LogP contribution in [0.4, 0.5) is 0 Å². The second-order valence-corrected chi connectivity index (χ2v) is 5.57. The van der Waals surface area contributed by atoms with Crippen molar-refractivity contribution in [3.05, 3.63) is 59.7 Å². The minimum absolute atomic E-state index is 0.188. The van der Waals surface area contributed by atoms with Gasteiger partial charge in [0.2, 0.25) is 5.91 Å². The van der Waals surface area contributed by atoms with Crippen molar-refractivity contribution in [1.82, 2.24) is 4.90 Å². The van der Waals surface area contributed by atoms with Crippen molar-refractivity contribution in [2.45, 2.75) is 18.8 Å². The zero-order chi connectivity index (χ0) is 17.3. The Hall–Kier alpha value is -2.75. The average molecular weight is 324 g/mol. The highest BCUT2D eigenvalue weighted by Gasteiger charge is 2.61. The predicted molar refractivity (Wildman–Crippen MR) is 83.9 cm³/mol. The van der Waals surface area contributed by atoms with E-state index in [4.69, 9.17) is 10.00 Å². The molecule has 1 aromatic carbocycles. The lowest BCUT2D eigenvalue weighted by atomic mass is 9.83. The van der Waals surface area contributed by atoms with E-state index in [1.54, 1.807) is 37.3 Å². The Kier molecular flexibility index (Phi) is 4.06. The maximum Gasteiger partial charge on any atom is 0.269 e. The Morgan fingerprint density at radius 2 is 2.08 bits per heavy atom. The van der Waals surface area contributed by atoms with E-state index in [1.165, 1.54) is 18.2 Å². The molecule has 6 heteroatoms. The number of aliphatic hydroxyl groups excluding tert-OH is 1. The van der Waals surface area contributed by atoms with E-state index in [0.29, 0.717) is 5.56 Å². The van der Waals surface area contributed by atoms with Crippen LogP contribution < -0.4 is 0 Å². The summed E-state index contributed by atoms with van der Waals surface area (Å²) < 4.78 is 5.62. The van der Waals surface area contributed by atoms with Crippen molar-refractivity contribution in [3.8, 4) is 6.07 Å². The number of nitrogens with zero attached hydrogens (tertiary/aromatic N) is 2. The topological polar surface area (TPSA) is 90.6 Å². The van der Waals surface area contributed by atoms with Crippen LogP contribution in [-0.2, 0) is 14.3 Å². The van der Waals surface area contributed by atoms with E-state index < -0.39 is 29.6 Å². The number of imide groups is 1. The van der Waals surface area contributed by atoms with Gasteiger partial charge >= 0.3 is 0 Å². The largest absolute Gasteiger partial charge is 0.369 e.